The molecule has 3 heteroatoms. The molecule has 36 heavy (non-hydrogen) atoms. The zero-order chi connectivity index (χ0) is 27.3. The van der Waals surface area contributed by atoms with Crippen molar-refractivity contribution in [1.29, 1.82) is 0 Å². The van der Waals surface area contributed by atoms with E-state index < -0.39 is 0 Å². The van der Waals surface area contributed by atoms with Crippen molar-refractivity contribution >= 4 is 16.3 Å². The molecular formula is C33H52N2O. The van der Waals surface area contributed by atoms with Crippen LogP contribution in [0.5, 0.6) is 0 Å². The first-order chi connectivity index (χ1) is 17.3. The first-order valence-corrected chi connectivity index (χ1v) is 14.2. The van der Waals surface area contributed by atoms with E-state index in [4.69, 9.17) is 5.73 Å². The Bertz CT molecular complexity index is 1020. The lowest BCUT2D eigenvalue weighted by Crippen LogP contribution is -2.33. The fourth-order valence-corrected chi connectivity index (χ4v) is 4.86. The Kier molecular flexibility index (Phi) is 13.9. The van der Waals surface area contributed by atoms with Gasteiger partial charge in [-0.15, -0.1) is 0 Å². The van der Waals surface area contributed by atoms with Crippen LogP contribution in [0.2, 0.25) is 0 Å². The first kappa shape index (κ1) is 31.8. The SMILES string of the molecule is C=C(C)c1cccc(CN)c1C(C)C(C)NCCC1(CCC)CC1.CC.CC.O=c1c2ccccc12. The highest BCUT2D eigenvalue weighted by molar-refractivity contribution is 5.97. The van der Waals surface area contributed by atoms with E-state index in [0.29, 0.717) is 23.9 Å². The molecule has 2 unspecified atom stereocenters. The Morgan fingerprint density at radius 2 is 1.58 bits per heavy atom. The van der Waals surface area contributed by atoms with Crippen LogP contribution >= 0.6 is 0 Å². The summed E-state index contributed by atoms with van der Waals surface area (Å²) in [6.07, 6.45) is 6.90. The van der Waals surface area contributed by atoms with Gasteiger partial charge in [-0.25, -0.2) is 0 Å². The summed E-state index contributed by atoms with van der Waals surface area (Å²) in [5, 5.41) is 5.57. The molecule has 0 bridgehead atoms. The predicted molar refractivity (Wildman–Crippen MR) is 161 cm³/mol. The summed E-state index contributed by atoms with van der Waals surface area (Å²) in [4.78, 5) is 10.5. The molecule has 0 spiro atoms. The molecule has 0 aromatic heterocycles. The molecule has 1 aliphatic carbocycles. The lowest BCUT2D eigenvalue weighted by atomic mass is 9.84. The van der Waals surface area contributed by atoms with Crippen LogP contribution in [0.1, 0.15) is 110 Å². The second-order valence-electron chi connectivity index (χ2n) is 9.77. The molecule has 0 heterocycles. The molecule has 3 N–H and O–H groups in total. The zero-order valence-electron chi connectivity index (χ0n) is 24.3. The van der Waals surface area contributed by atoms with Gasteiger partial charge < -0.3 is 11.1 Å². The summed E-state index contributed by atoms with van der Waals surface area (Å²) in [5.41, 5.74) is 11.9. The highest BCUT2D eigenvalue weighted by Gasteiger charge is 2.40. The van der Waals surface area contributed by atoms with E-state index in [9.17, 15) is 4.79 Å². The van der Waals surface area contributed by atoms with Crippen LogP contribution in [-0.4, -0.2) is 12.6 Å². The van der Waals surface area contributed by atoms with Crippen LogP contribution in [0, 0.1) is 5.41 Å². The molecule has 0 amide bonds. The van der Waals surface area contributed by atoms with Gasteiger partial charge in [-0.05, 0) is 74.1 Å². The predicted octanol–water partition coefficient (Wildman–Crippen LogP) is 8.36. The summed E-state index contributed by atoms with van der Waals surface area (Å²) in [5.74, 6) is 0.428. The van der Waals surface area contributed by atoms with Crippen molar-refractivity contribution in [3.8, 4) is 0 Å². The lowest BCUT2D eigenvalue weighted by Gasteiger charge is -2.27. The topological polar surface area (TPSA) is 55.1 Å². The summed E-state index contributed by atoms with van der Waals surface area (Å²) >= 11 is 0. The molecule has 3 aromatic carbocycles. The van der Waals surface area contributed by atoms with E-state index >= 15 is 0 Å². The number of rotatable bonds is 10. The van der Waals surface area contributed by atoms with Gasteiger partial charge in [-0.2, -0.15) is 0 Å². The van der Waals surface area contributed by atoms with Crippen LogP contribution in [0.3, 0.4) is 0 Å². The molecule has 0 radical (unpaired) electrons. The second kappa shape index (κ2) is 15.8. The average molecular weight is 493 g/mol. The van der Waals surface area contributed by atoms with E-state index in [1.807, 2.05) is 52.0 Å². The largest absolute Gasteiger partial charge is 0.326 e. The van der Waals surface area contributed by atoms with E-state index in [1.54, 1.807) is 0 Å². The summed E-state index contributed by atoms with van der Waals surface area (Å²) in [7, 11) is 0. The number of benzene rings is 2. The number of allylic oxidation sites excluding steroid dienone is 1. The summed E-state index contributed by atoms with van der Waals surface area (Å²) in [6, 6.07) is 14.3. The number of nitrogens with one attached hydrogen (secondary N) is 1. The van der Waals surface area contributed by atoms with Gasteiger partial charge in [0.2, 0.25) is 0 Å². The highest BCUT2D eigenvalue weighted by atomic mass is 16.1. The molecule has 200 valence electrons. The van der Waals surface area contributed by atoms with Gasteiger partial charge in [0, 0.05) is 23.4 Å². The highest BCUT2D eigenvalue weighted by Crippen LogP contribution is 2.52. The maximum atomic E-state index is 10.5. The molecule has 0 saturated heterocycles. The Hall–Kier alpha value is -2.23. The average Bonchev–Trinajstić information content (AvgIpc) is 3.83. The monoisotopic (exact) mass is 492 g/mol. The van der Waals surface area contributed by atoms with Gasteiger partial charge in [0.05, 0.1) is 0 Å². The third kappa shape index (κ3) is 8.71. The minimum absolute atomic E-state index is 0.218. The number of fused-ring (bicyclic) bond motifs is 1. The third-order valence-corrected chi connectivity index (χ3v) is 7.29. The molecule has 1 fully saturated rings. The van der Waals surface area contributed by atoms with Gasteiger partial charge in [0.15, 0.2) is 5.43 Å². The normalized spacial score (nSPS) is 14.9. The minimum atomic E-state index is 0.218. The molecule has 1 saturated carbocycles. The van der Waals surface area contributed by atoms with Crippen molar-refractivity contribution in [1.82, 2.24) is 5.32 Å². The van der Waals surface area contributed by atoms with E-state index in [2.05, 4.69) is 57.8 Å². The van der Waals surface area contributed by atoms with Crippen molar-refractivity contribution in [2.24, 2.45) is 11.1 Å². The lowest BCUT2D eigenvalue weighted by molar-refractivity contribution is 0.383. The Balaban J connectivity index is 0.000000443. The van der Waals surface area contributed by atoms with Crippen LogP contribution < -0.4 is 16.5 Å². The molecule has 1 aliphatic rings. The van der Waals surface area contributed by atoms with Gasteiger partial charge in [-0.3, -0.25) is 4.79 Å². The molecule has 3 aromatic rings. The Morgan fingerprint density at radius 1 is 1.00 bits per heavy atom. The zero-order valence-corrected chi connectivity index (χ0v) is 24.3. The van der Waals surface area contributed by atoms with E-state index in [-0.39, 0.29) is 5.43 Å². The molecule has 4 rings (SSSR count). The van der Waals surface area contributed by atoms with Crippen molar-refractivity contribution in [3.05, 3.63) is 76.0 Å². The van der Waals surface area contributed by atoms with Gasteiger partial charge in [-0.1, -0.05) is 103 Å². The molecular weight excluding hydrogens is 440 g/mol. The second-order valence-corrected chi connectivity index (χ2v) is 9.77. The number of hydrogen-bond acceptors (Lipinski definition) is 3. The van der Waals surface area contributed by atoms with Crippen LogP contribution in [0.15, 0.2) is 53.8 Å². The maximum Gasteiger partial charge on any atom is 0.194 e. The van der Waals surface area contributed by atoms with Crippen LogP contribution in [-0.2, 0) is 6.54 Å². The summed E-state index contributed by atoms with van der Waals surface area (Å²) in [6.45, 7) is 22.9. The van der Waals surface area contributed by atoms with Gasteiger partial charge in [0.1, 0.15) is 0 Å². The van der Waals surface area contributed by atoms with E-state index in [1.165, 1.54) is 48.8 Å². The maximum absolute atomic E-state index is 10.5. The van der Waals surface area contributed by atoms with Crippen molar-refractivity contribution in [2.45, 2.75) is 106 Å². The van der Waals surface area contributed by atoms with Crippen LogP contribution in [0.25, 0.3) is 16.3 Å². The van der Waals surface area contributed by atoms with Crippen molar-refractivity contribution in [2.75, 3.05) is 6.54 Å². The number of nitrogens with two attached hydrogens (primary N) is 1. The van der Waals surface area contributed by atoms with Crippen molar-refractivity contribution in [3.63, 3.8) is 0 Å². The Morgan fingerprint density at radius 3 is 2.03 bits per heavy atom. The van der Waals surface area contributed by atoms with Crippen molar-refractivity contribution < 1.29 is 0 Å². The number of hydrogen-bond donors (Lipinski definition) is 2. The smallest absolute Gasteiger partial charge is 0.194 e. The quantitative estimate of drug-likeness (QED) is 0.299. The minimum Gasteiger partial charge on any atom is -0.326 e. The van der Waals surface area contributed by atoms with Gasteiger partial charge in [0.25, 0.3) is 0 Å². The van der Waals surface area contributed by atoms with Crippen LogP contribution in [0.4, 0.5) is 0 Å². The first-order valence-electron chi connectivity index (χ1n) is 14.2. The fourth-order valence-electron chi connectivity index (χ4n) is 4.86. The fraction of sp³-hybridized carbons (Fsp3) is 0.545. The summed E-state index contributed by atoms with van der Waals surface area (Å²) < 4.78 is 0. The standard InChI is InChI=1S/C22H36N2.C7H4O.2C2H6/c1-6-10-22(11-12-22)13-14-24-18(5)17(4)21-19(15-23)8-7-9-20(21)16(2)3;8-7-5-3-1-2-4-6(5)7;2*1-2/h7-9,17-18,24H,2,6,10-15,23H2,1,3-5H3;1-4H;2*1-2H3. The molecule has 3 nitrogen and oxygen atoms in total. The van der Waals surface area contributed by atoms with Gasteiger partial charge >= 0.3 is 0 Å². The third-order valence-electron chi connectivity index (χ3n) is 7.29. The van der Waals surface area contributed by atoms with E-state index in [0.717, 1.165) is 22.9 Å². The molecule has 0 aliphatic heterocycles. The Labute approximate surface area is 221 Å². The molecule has 2 atom stereocenters.